The van der Waals surface area contributed by atoms with Crippen molar-refractivity contribution in [2.75, 3.05) is 32.7 Å². The molecular formula is C11H20N2O. The van der Waals surface area contributed by atoms with Gasteiger partial charge in [-0.15, -0.1) is 0 Å². The summed E-state index contributed by atoms with van der Waals surface area (Å²) in [5.41, 5.74) is 0. The van der Waals surface area contributed by atoms with Crippen molar-refractivity contribution in [1.29, 1.82) is 0 Å². The largest absolute Gasteiger partial charge is 0.340 e. The first kappa shape index (κ1) is 11.2. The van der Waals surface area contributed by atoms with E-state index in [9.17, 15) is 4.79 Å². The van der Waals surface area contributed by atoms with Crippen LogP contribution < -0.4 is 0 Å². The molecule has 0 atom stereocenters. The van der Waals surface area contributed by atoms with Gasteiger partial charge in [-0.2, -0.15) is 0 Å². The second-order valence-corrected chi connectivity index (χ2v) is 3.69. The second kappa shape index (κ2) is 5.81. The molecule has 3 nitrogen and oxygen atoms in total. The Bertz CT molecular complexity index is 205. The average molecular weight is 196 g/mol. The summed E-state index contributed by atoms with van der Waals surface area (Å²) in [4.78, 5) is 15.4. The Balaban J connectivity index is 2.22. The summed E-state index contributed by atoms with van der Waals surface area (Å²) in [5.74, 6) is 0.203. The van der Waals surface area contributed by atoms with E-state index in [0.29, 0.717) is 0 Å². The molecule has 0 spiro atoms. The minimum Gasteiger partial charge on any atom is -0.340 e. The third kappa shape index (κ3) is 3.50. The van der Waals surface area contributed by atoms with Crippen LogP contribution in [0.5, 0.6) is 0 Å². The molecule has 1 rings (SSSR count). The first-order chi connectivity index (χ1) is 6.74. The van der Waals surface area contributed by atoms with Gasteiger partial charge in [-0.25, -0.2) is 0 Å². The van der Waals surface area contributed by atoms with E-state index < -0.39 is 0 Å². The Morgan fingerprint density at radius 2 is 1.86 bits per heavy atom. The molecule has 14 heavy (non-hydrogen) atoms. The average Bonchev–Trinajstić information content (AvgIpc) is 2.19. The highest BCUT2D eigenvalue weighted by molar-refractivity contribution is 5.73. The fourth-order valence-electron chi connectivity index (χ4n) is 1.64. The highest BCUT2D eigenvalue weighted by Gasteiger charge is 2.16. The first-order valence-electron chi connectivity index (χ1n) is 5.37. The SMILES string of the molecule is CC/C=C/CN1CCN(C(C)=O)CC1. The van der Waals surface area contributed by atoms with Gasteiger partial charge in [0.2, 0.25) is 5.91 Å². The molecule has 0 aromatic heterocycles. The van der Waals surface area contributed by atoms with Crippen LogP contribution in [-0.4, -0.2) is 48.4 Å². The summed E-state index contributed by atoms with van der Waals surface area (Å²) in [6, 6.07) is 0. The van der Waals surface area contributed by atoms with Crippen molar-refractivity contribution in [2.24, 2.45) is 0 Å². The van der Waals surface area contributed by atoms with Crippen LogP contribution >= 0.6 is 0 Å². The predicted octanol–water partition coefficient (Wildman–Crippen LogP) is 1.12. The molecule has 0 saturated carbocycles. The minimum absolute atomic E-state index is 0.203. The van der Waals surface area contributed by atoms with Crippen LogP contribution in [-0.2, 0) is 4.79 Å². The van der Waals surface area contributed by atoms with Crippen molar-refractivity contribution < 1.29 is 4.79 Å². The van der Waals surface area contributed by atoms with Crippen molar-refractivity contribution in [1.82, 2.24) is 9.80 Å². The second-order valence-electron chi connectivity index (χ2n) is 3.69. The Hall–Kier alpha value is -0.830. The number of hydrogen-bond acceptors (Lipinski definition) is 2. The van der Waals surface area contributed by atoms with E-state index in [-0.39, 0.29) is 5.91 Å². The Labute approximate surface area is 86.4 Å². The van der Waals surface area contributed by atoms with Crippen LogP contribution in [0, 0.1) is 0 Å². The molecule has 0 bridgehead atoms. The number of carbonyl (C=O) groups is 1. The quantitative estimate of drug-likeness (QED) is 0.631. The van der Waals surface area contributed by atoms with Crippen molar-refractivity contribution in [3.63, 3.8) is 0 Å². The normalized spacial score (nSPS) is 19.1. The van der Waals surface area contributed by atoms with Crippen LogP contribution in [0.3, 0.4) is 0 Å². The van der Waals surface area contributed by atoms with Crippen LogP contribution in [0.25, 0.3) is 0 Å². The predicted molar refractivity (Wildman–Crippen MR) is 58.1 cm³/mol. The Kier molecular flexibility index (Phi) is 4.66. The zero-order chi connectivity index (χ0) is 10.4. The number of rotatable bonds is 3. The third-order valence-electron chi connectivity index (χ3n) is 2.58. The molecule has 80 valence electrons. The smallest absolute Gasteiger partial charge is 0.219 e. The van der Waals surface area contributed by atoms with Crippen molar-refractivity contribution in [3.8, 4) is 0 Å². The van der Waals surface area contributed by atoms with Gasteiger partial charge in [-0.1, -0.05) is 19.1 Å². The van der Waals surface area contributed by atoms with Gasteiger partial charge in [-0.05, 0) is 6.42 Å². The maximum Gasteiger partial charge on any atom is 0.219 e. The van der Waals surface area contributed by atoms with E-state index in [1.165, 1.54) is 0 Å². The molecule has 1 aliphatic heterocycles. The van der Waals surface area contributed by atoms with E-state index in [2.05, 4.69) is 24.0 Å². The van der Waals surface area contributed by atoms with Crippen molar-refractivity contribution in [3.05, 3.63) is 12.2 Å². The van der Waals surface area contributed by atoms with Crippen LogP contribution in [0.1, 0.15) is 20.3 Å². The molecule has 3 heteroatoms. The lowest BCUT2D eigenvalue weighted by Crippen LogP contribution is -2.47. The highest BCUT2D eigenvalue weighted by atomic mass is 16.2. The number of piperazine rings is 1. The summed E-state index contributed by atoms with van der Waals surface area (Å²) < 4.78 is 0. The Morgan fingerprint density at radius 3 is 2.36 bits per heavy atom. The van der Waals surface area contributed by atoms with Crippen LogP contribution in [0.15, 0.2) is 12.2 Å². The maximum absolute atomic E-state index is 11.1. The van der Waals surface area contributed by atoms with Gasteiger partial charge >= 0.3 is 0 Å². The fourth-order valence-corrected chi connectivity index (χ4v) is 1.64. The summed E-state index contributed by atoms with van der Waals surface area (Å²) >= 11 is 0. The molecule has 1 heterocycles. The highest BCUT2D eigenvalue weighted by Crippen LogP contribution is 2.01. The monoisotopic (exact) mass is 196 g/mol. The summed E-state index contributed by atoms with van der Waals surface area (Å²) in [5, 5.41) is 0. The van der Waals surface area contributed by atoms with Crippen LogP contribution in [0.4, 0.5) is 0 Å². The van der Waals surface area contributed by atoms with E-state index in [0.717, 1.165) is 39.1 Å². The van der Waals surface area contributed by atoms with Gasteiger partial charge in [0, 0.05) is 39.6 Å². The summed E-state index contributed by atoms with van der Waals surface area (Å²) in [7, 11) is 0. The summed E-state index contributed by atoms with van der Waals surface area (Å²) in [6.45, 7) is 8.60. The van der Waals surface area contributed by atoms with Gasteiger partial charge in [0.25, 0.3) is 0 Å². The van der Waals surface area contributed by atoms with Crippen molar-refractivity contribution >= 4 is 5.91 Å². The van der Waals surface area contributed by atoms with Gasteiger partial charge in [-0.3, -0.25) is 9.69 Å². The molecule has 0 N–H and O–H groups in total. The lowest BCUT2D eigenvalue weighted by molar-refractivity contribution is -0.130. The lowest BCUT2D eigenvalue weighted by atomic mass is 10.3. The summed E-state index contributed by atoms with van der Waals surface area (Å²) in [6.07, 6.45) is 5.51. The van der Waals surface area contributed by atoms with E-state index in [4.69, 9.17) is 0 Å². The van der Waals surface area contributed by atoms with E-state index in [1.807, 2.05) is 4.90 Å². The Morgan fingerprint density at radius 1 is 1.21 bits per heavy atom. The minimum atomic E-state index is 0.203. The molecule has 1 fully saturated rings. The maximum atomic E-state index is 11.1. The molecule has 1 aliphatic rings. The number of nitrogens with zero attached hydrogens (tertiary/aromatic N) is 2. The molecular weight excluding hydrogens is 176 g/mol. The number of amides is 1. The van der Waals surface area contributed by atoms with Gasteiger partial charge in [0.1, 0.15) is 0 Å². The third-order valence-corrected chi connectivity index (χ3v) is 2.58. The number of hydrogen-bond donors (Lipinski definition) is 0. The van der Waals surface area contributed by atoms with E-state index in [1.54, 1.807) is 6.92 Å². The van der Waals surface area contributed by atoms with Crippen LogP contribution in [0.2, 0.25) is 0 Å². The molecule has 0 aromatic rings. The molecule has 0 unspecified atom stereocenters. The van der Waals surface area contributed by atoms with Gasteiger partial charge < -0.3 is 4.90 Å². The van der Waals surface area contributed by atoms with E-state index >= 15 is 0 Å². The first-order valence-corrected chi connectivity index (χ1v) is 5.37. The molecule has 1 amide bonds. The topological polar surface area (TPSA) is 23.6 Å². The number of carbonyl (C=O) groups excluding carboxylic acids is 1. The molecule has 0 aromatic carbocycles. The molecule has 0 radical (unpaired) electrons. The standard InChI is InChI=1S/C11H20N2O/c1-3-4-5-6-12-7-9-13(10-8-12)11(2)14/h4-5H,3,6-10H2,1-2H3/b5-4+. The zero-order valence-corrected chi connectivity index (χ0v) is 9.20. The number of allylic oxidation sites excluding steroid dienone is 1. The molecule has 1 saturated heterocycles. The lowest BCUT2D eigenvalue weighted by Gasteiger charge is -2.33. The van der Waals surface area contributed by atoms with Crippen molar-refractivity contribution in [2.45, 2.75) is 20.3 Å². The zero-order valence-electron chi connectivity index (χ0n) is 9.20. The van der Waals surface area contributed by atoms with Gasteiger partial charge in [0.05, 0.1) is 0 Å². The molecule has 0 aliphatic carbocycles. The fraction of sp³-hybridized carbons (Fsp3) is 0.727. The van der Waals surface area contributed by atoms with Gasteiger partial charge in [0.15, 0.2) is 0 Å².